The molecular weight excluding hydrogens is 413 g/mol. The average Bonchev–Trinajstić information content (AvgIpc) is 2.92. The van der Waals surface area contributed by atoms with Crippen LogP contribution in [0.25, 0.3) is 0 Å². The number of halogens is 4. The average molecular weight is 425 g/mol. The van der Waals surface area contributed by atoms with Gasteiger partial charge >= 0.3 is 6.03 Å². The summed E-state index contributed by atoms with van der Waals surface area (Å²) in [7, 11) is 0. The minimum atomic E-state index is -0.899. The number of nitrogens with zero attached hydrogens (tertiary/aromatic N) is 2. The summed E-state index contributed by atoms with van der Waals surface area (Å²) in [6, 6.07) is 8.31. The first-order chi connectivity index (χ1) is 12.4. The number of carbonyl (C=O) groups is 1. The van der Waals surface area contributed by atoms with Gasteiger partial charge in [-0.1, -0.05) is 18.2 Å². The quantitative estimate of drug-likeness (QED) is 0.634. The minimum absolute atomic E-state index is 0.168. The Morgan fingerprint density at radius 2 is 1.85 bits per heavy atom. The van der Waals surface area contributed by atoms with E-state index in [1.807, 2.05) is 0 Å². The van der Waals surface area contributed by atoms with Crippen LogP contribution in [0.4, 0.5) is 29.5 Å². The summed E-state index contributed by atoms with van der Waals surface area (Å²) in [6.07, 6.45) is 1.57. The Morgan fingerprint density at radius 3 is 2.58 bits per heavy atom. The van der Waals surface area contributed by atoms with Gasteiger partial charge in [0.25, 0.3) is 0 Å². The summed E-state index contributed by atoms with van der Waals surface area (Å²) in [5, 5.41) is 8.84. The van der Waals surface area contributed by atoms with Gasteiger partial charge in [-0.15, -0.1) is 0 Å². The molecule has 0 unspecified atom stereocenters. The highest BCUT2D eigenvalue weighted by Gasteiger charge is 2.13. The second-order valence-corrected chi connectivity index (χ2v) is 6.17. The van der Waals surface area contributed by atoms with Gasteiger partial charge in [-0.3, -0.25) is 10.00 Å². The fourth-order valence-electron chi connectivity index (χ4n) is 2.22. The number of amides is 2. The zero-order valence-electron chi connectivity index (χ0n) is 13.1. The summed E-state index contributed by atoms with van der Waals surface area (Å²) in [5.74, 6) is -1.84. The fourth-order valence-corrected chi connectivity index (χ4v) is 2.63. The molecule has 0 spiro atoms. The first-order valence-corrected chi connectivity index (χ1v) is 8.21. The monoisotopic (exact) mass is 424 g/mol. The topological polar surface area (TPSA) is 59.0 Å². The van der Waals surface area contributed by atoms with Gasteiger partial charge in [-0.25, -0.2) is 18.0 Å². The molecule has 2 aromatic carbocycles. The van der Waals surface area contributed by atoms with Gasteiger partial charge in [0.05, 0.1) is 16.7 Å². The van der Waals surface area contributed by atoms with Crippen LogP contribution in [0.5, 0.6) is 0 Å². The normalized spacial score (nSPS) is 10.6. The van der Waals surface area contributed by atoms with Crippen LogP contribution >= 0.6 is 15.9 Å². The van der Waals surface area contributed by atoms with E-state index in [1.54, 1.807) is 24.4 Å². The van der Waals surface area contributed by atoms with Gasteiger partial charge in [0.15, 0.2) is 5.82 Å². The molecule has 1 aromatic heterocycles. The SMILES string of the molecule is O=C(Nc1ccc(F)cc1F)Nc1nn(Cc2ccccc2F)cc1Br. The van der Waals surface area contributed by atoms with E-state index >= 15 is 0 Å². The van der Waals surface area contributed by atoms with E-state index in [2.05, 4.69) is 31.7 Å². The smallest absolute Gasteiger partial charge is 0.305 e. The molecular formula is C17H12BrF3N4O. The van der Waals surface area contributed by atoms with E-state index in [0.29, 0.717) is 16.1 Å². The van der Waals surface area contributed by atoms with Crippen molar-refractivity contribution in [3.05, 3.63) is 76.1 Å². The van der Waals surface area contributed by atoms with Gasteiger partial charge < -0.3 is 5.32 Å². The molecule has 0 bridgehead atoms. The second kappa shape index (κ2) is 7.61. The summed E-state index contributed by atoms with van der Waals surface area (Å²) < 4.78 is 42.1. The summed E-state index contributed by atoms with van der Waals surface area (Å²) >= 11 is 3.24. The minimum Gasteiger partial charge on any atom is -0.305 e. The van der Waals surface area contributed by atoms with E-state index in [0.717, 1.165) is 12.1 Å². The van der Waals surface area contributed by atoms with Gasteiger partial charge in [0, 0.05) is 17.8 Å². The zero-order chi connectivity index (χ0) is 18.7. The highest BCUT2D eigenvalue weighted by atomic mass is 79.9. The van der Waals surface area contributed by atoms with Gasteiger partial charge in [0.2, 0.25) is 0 Å². The van der Waals surface area contributed by atoms with Crippen molar-refractivity contribution in [2.45, 2.75) is 6.54 Å². The highest BCUT2D eigenvalue weighted by Crippen LogP contribution is 2.22. The molecule has 134 valence electrons. The van der Waals surface area contributed by atoms with Crippen molar-refractivity contribution in [2.75, 3.05) is 10.6 Å². The maximum Gasteiger partial charge on any atom is 0.325 e. The van der Waals surface area contributed by atoms with E-state index in [9.17, 15) is 18.0 Å². The number of carbonyl (C=O) groups excluding carboxylic acids is 1. The van der Waals surface area contributed by atoms with E-state index in [4.69, 9.17) is 0 Å². The van der Waals surface area contributed by atoms with Gasteiger partial charge in [-0.05, 0) is 34.1 Å². The van der Waals surface area contributed by atoms with E-state index in [1.165, 1.54) is 10.7 Å². The Morgan fingerprint density at radius 1 is 1.08 bits per heavy atom. The molecule has 9 heteroatoms. The highest BCUT2D eigenvalue weighted by molar-refractivity contribution is 9.10. The van der Waals surface area contributed by atoms with Crippen LogP contribution in [0.15, 0.2) is 53.1 Å². The molecule has 1 heterocycles. The lowest BCUT2D eigenvalue weighted by Gasteiger charge is -2.07. The van der Waals surface area contributed by atoms with Crippen molar-refractivity contribution < 1.29 is 18.0 Å². The van der Waals surface area contributed by atoms with Crippen molar-refractivity contribution in [3.8, 4) is 0 Å². The molecule has 0 saturated carbocycles. The standard InChI is InChI=1S/C17H12BrF3N4O/c18-12-9-25(8-10-3-1-2-4-13(10)20)24-16(12)23-17(26)22-15-6-5-11(19)7-14(15)21/h1-7,9H,8H2,(H2,22,23,24,26). The molecule has 2 amide bonds. The van der Waals surface area contributed by atoms with Crippen LogP contribution in [0.2, 0.25) is 0 Å². The number of aromatic nitrogens is 2. The lowest BCUT2D eigenvalue weighted by molar-refractivity contribution is 0.262. The van der Waals surface area contributed by atoms with Crippen molar-refractivity contribution >= 4 is 33.5 Å². The molecule has 0 aliphatic heterocycles. The largest absolute Gasteiger partial charge is 0.325 e. The van der Waals surface area contributed by atoms with Crippen LogP contribution in [-0.2, 0) is 6.54 Å². The van der Waals surface area contributed by atoms with Crippen LogP contribution in [0.3, 0.4) is 0 Å². The predicted octanol–water partition coefficient (Wildman–Crippen LogP) is 4.76. The molecule has 3 rings (SSSR count). The molecule has 0 atom stereocenters. The molecule has 3 aromatic rings. The van der Waals surface area contributed by atoms with Crippen molar-refractivity contribution in [2.24, 2.45) is 0 Å². The second-order valence-electron chi connectivity index (χ2n) is 5.32. The number of hydrogen-bond acceptors (Lipinski definition) is 2. The predicted molar refractivity (Wildman–Crippen MR) is 94.4 cm³/mol. The Labute approximate surface area is 155 Å². The zero-order valence-corrected chi connectivity index (χ0v) is 14.7. The lowest BCUT2D eigenvalue weighted by atomic mass is 10.2. The van der Waals surface area contributed by atoms with E-state index < -0.39 is 17.7 Å². The molecule has 0 saturated heterocycles. The van der Waals surface area contributed by atoms with Crippen LogP contribution in [-0.4, -0.2) is 15.8 Å². The van der Waals surface area contributed by atoms with Crippen molar-refractivity contribution in [3.63, 3.8) is 0 Å². The maximum absolute atomic E-state index is 13.7. The first-order valence-electron chi connectivity index (χ1n) is 7.42. The maximum atomic E-state index is 13.7. The molecule has 26 heavy (non-hydrogen) atoms. The summed E-state index contributed by atoms with van der Waals surface area (Å²) in [4.78, 5) is 12.0. The Kier molecular flexibility index (Phi) is 5.27. The van der Waals surface area contributed by atoms with Gasteiger partial charge in [-0.2, -0.15) is 5.10 Å². The molecule has 0 aliphatic rings. The van der Waals surface area contributed by atoms with Crippen molar-refractivity contribution in [1.29, 1.82) is 0 Å². The number of hydrogen-bond donors (Lipinski definition) is 2. The molecule has 5 nitrogen and oxygen atoms in total. The molecule has 2 N–H and O–H groups in total. The lowest BCUT2D eigenvalue weighted by Crippen LogP contribution is -2.21. The number of benzene rings is 2. The molecule has 0 fully saturated rings. The molecule has 0 radical (unpaired) electrons. The van der Waals surface area contributed by atoms with Crippen LogP contribution in [0.1, 0.15) is 5.56 Å². The Balaban J connectivity index is 1.69. The van der Waals surface area contributed by atoms with Crippen LogP contribution < -0.4 is 10.6 Å². The third kappa shape index (κ3) is 4.23. The van der Waals surface area contributed by atoms with Crippen LogP contribution in [0, 0.1) is 17.5 Å². The first kappa shape index (κ1) is 18.0. The summed E-state index contributed by atoms with van der Waals surface area (Å²) in [6.45, 7) is 0.168. The third-order valence-electron chi connectivity index (χ3n) is 3.42. The number of nitrogens with one attached hydrogen (secondary N) is 2. The Bertz CT molecular complexity index is 961. The fraction of sp³-hybridized carbons (Fsp3) is 0.0588. The molecule has 0 aliphatic carbocycles. The van der Waals surface area contributed by atoms with E-state index in [-0.39, 0.29) is 23.9 Å². The number of anilines is 2. The number of rotatable bonds is 4. The third-order valence-corrected chi connectivity index (χ3v) is 4.00. The Hall–Kier alpha value is -2.81. The van der Waals surface area contributed by atoms with Gasteiger partial charge in [0.1, 0.15) is 17.5 Å². The number of urea groups is 1. The van der Waals surface area contributed by atoms with Crippen molar-refractivity contribution in [1.82, 2.24) is 9.78 Å². The summed E-state index contributed by atoms with van der Waals surface area (Å²) in [5.41, 5.74) is 0.262.